The molecule has 5 aromatic rings. The molecule has 68 heavy (non-hydrogen) atoms. The van der Waals surface area contributed by atoms with Crippen LogP contribution in [0.4, 0.5) is 16.4 Å². The number of likely N-dealkylation sites (tertiary alicyclic amines) is 1. The third-order valence-electron chi connectivity index (χ3n) is 11.9. The average Bonchev–Trinajstić information content (AvgIpc) is 4.04. The van der Waals surface area contributed by atoms with Gasteiger partial charge in [0.15, 0.2) is 5.65 Å². The van der Waals surface area contributed by atoms with Crippen LogP contribution in [0.1, 0.15) is 117 Å². The Kier molecular flexibility index (Phi) is 17.8. The van der Waals surface area contributed by atoms with Gasteiger partial charge in [0, 0.05) is 62.9 Å². The summed E-state index contributed by atoms with van der Waals surface area (Å²) in [6.45, 7) is 11.5. The first kappa shape index (κ1) is 51.1. The van der Waals surface area contributed by atoms with Gasteiger partial charge in [-0.3, -0.25) is 34.4 Å². The maximum absolute atomic E-state index is 14.0. The Labute approximate surface area is 402 Å². The standard InChI is InChI=1S/C50H66N10O7S/c1-32(2)67-49(66)58(7)38-24-37(27-51-28-38)36-22-23-41-54-48(57-60(41)29-36)56-43(63)17-15-13-11-9-8-10-12-14-16-42(62)55-45(50(4,5)6)47(65)59-30-39(61)25-40(59)46(64)52-26-34-18-20-35(21-19-34)44-33(3)53-31-68-44/h18-24,27-29,31-32,39-40,45,61H,8-17,25-26,30H2,1-7H3,(H,52,64)(H,55,62)(H,56,57,63)/t39-,40+,45-/m1/s1. The Morgan fingerprint density at radius 1 is 0.897 bits per heavy atom. The maximum Gasteiger partial charge on any atom is 0.414 e. The van der Waals surface area contributed by atoms with E-state index in [2.05, 4.69) is 36.0 Å². The molecule has 3 atom stereocenters. The van der Waals surface area contributed by atoms with Crippen molar-refractivity contribution in [1.82, 2.24) is 40.1 Å². The van der Waals surface area contributed by atoms with Gasteiger partial charge in [-0.05, 0) is 68.4 Å². The summed E-state index contributed by atoms with van der Waals surface area (Å²) in [5.41, 5.74) is 6.86. The first-order valence-electron chi connectivity index (χ1n) is 23.6. The highest BCUT2D eigenvalue weighted by Gasteiger charge is 2.44. The van der Waals surface area contributed by atoms with Gasteiger partial charge in [0.05, 0.1) is 40.2 Å². The molecule has 17 nitrogen and oxygen atoms in total. The van der Waals surface area contributed by atoms with Crippen LogP contribution in [0.3, 0.4) is 0 Å². The summed E-state index contributed by atoms with van der Waals surface area (Å²) >= 11 is 1.58. The largest absolute Gasteiger partial charge is 0.446 e. The van der Waals surface area contributed by atoms with E-state index in [0.29, 0.717) is 24.2 Å². The van der Waals surface area contributed by atoms with Crippen molar-refractivity contribution in [3.63, 3.8) is 0 Å². The summed E-state index contributed by atoms with van der Waals surface area (Å²) in [5.74, 6) is -0.858. The lowest BCUT2D eigenvalue weighted by Gasteiger charge is -2.35. The predicted molar refractivity (Wildman–Crippen MR) is 263 cm³/mol. The lowest BCUT2D eigenvalue weighted by atomic mass is 9.85. The van der Waals surface area contributed by atoms with Crippen molar-refractivity contribution in [2.45, 2.75) is 143 Å². The van der Waals surface area contributed by atoms with Crippen LogP contribution in [0.15, 0.2) is 66.6 Å². The van der Waals surface area contributed by atoms with Gasteiger partial charge in [0.1, 0.15) is 12.1 Å². The second-order valence-electron chi connectivity index (χ2n) is 18.9. The SMILES string of the molecule is Cc1ncsc1-c1ccc(CNC(=O)[C@@H]2C[C@@H](O)CN2C(=O)[C@@H](NC(=O)CCCCCCCCCCC(=O)Nc2nc3ccc(-c4cncc(N(C)C(=O)OC(C)C)c4)cn3n2)C(C)(C)C)cc1. The van der Waals surface area contributed by atoms with E-state index in [-0.39, 0.29) is 61.6 Å². The Morgan fingerprint density at radius 3 is 2.21 bits per heavy atom. The predicted octanol–water partition coefficient (Wildman–Crippen LogP) is 7.85. The van der Waals surface area contributed by atoms with E-state index in [1.165, 1.54) is 9.80 Å². The zero-order chi connectivity index (χ0) is 49.0. The first-order chi connectivity index (χ1) is 32.5. The van der Waals surface area contributed by atoms with Crippen molar-refractivity contribution < 1.29 is 33.8 Å². The van der Waals surface area contributed by atoms with E-state index >= 15 is 0 Å². The Morgan fingerprint density at radius 2 is 1.56 bits per heavy atom. The molecule has 0 unspecified atom stereocenters. The number of ether oxygens (including phenoxy) is 1. The highest BCUT2D eigenvalue weighted by atomic mass is 32.1. The van der Waals surface area contributed by atoms with E-state index in [0.717, 1.165) is 77.8 Å². The summed E-state index contributed by atoms with van der Waals surface area (Å²) in [4.78, 5) is 82.7. The molecule has 1 saturated heterocycles. The summed E-state index contributed by atoms with van der Waals surface area (Å²) in [6.07, 6.45) is 11.5. The number of carbonyl (C=O) groups is 5. The van der Waals surface area contributed by atoms with Crippen LogP contribution in [0.2, 0.25) is 0 Å². The number of hydrogen-bond acceptors (Lipinski definition) is 12. The number of nitrogens with zero attached hydrogens (tertiary/aromatic N) is 7. The molecule has 4 N–H and O–H groups in total. The molecule has 4 aromatic heterocycles. The van der Waals surface area contributed by atoms with Crippen molar-refractivity contribution in [3.8, 4) is 21.6 Å². The van der Waals surface area contributed by atoms with E-state index in [4.69, 9.17) is 4.74 Å². The third-order valence-corrected chi connectivity index (χ3v) is 12.9. The summed E-state index contributed by atoms with van der Waals surface area (Å²) < 4.78 is 6.89. The Hall–Kier alpha value is -6.27. The van der Waals surface area contributed by atoms with Crippen molar-refractivity contribution in [3.05, 3.63) is 77.8 Å². The summed E-state index contributed by atoms with van der Waals surface area (Å²) in [6, 6.07) is 11.7. The number of thiazole rings is 1. The molecule has 0 saturated carbocycles. The molecule has 18 heteroatoms. The molecule has 5 amide bonds. The number of carbonyl (C=O) groups excluding carboxylic acids is 5. The fourth-order valence-electron chi connectivity index (χ4n) is 8.09. The number of aliphatic hydroxyl groups is 1. The third kappa shape index (κ3) is 14.1. The molecule has 0 aliphatic carbocycles. The minimum absolute atomic E-state index is 0.0219. The van der Waals surface area contributed by atoms with E-state index in [1.807, 2.05) is 69.6 Å². The van der Waals surface area contributed by atoms with Crippen molar-refractivity contribution in [1.29, 1.82) is 0 Å². The molecule has 1 aliphatic heterocycles. The van der Waals surface area contributed by atoms with Gasteiger partial charge < -0.3 is 25.4 Å². The molecule has 364 valence electrons. The number of benzene rings is 1. The van der Waals surface area contributed by atoms with Crippen LogP contribution in [0, 0.1) is 12.3 Å². The number of anilines is 2. The molecule has 1 aromatic carbocycles. The fourth-order valence-corrected chi connectivity index (χ4v) is 8.91. The lowest BCUT2D eigenvalue weighted by molar-refractivity contribution is -0.144. The van der Waals surface area contributed by atoms with E-state index in [1.54, 1.807) is 61.4 Å². The second kappa shape index (κ2) is 23.6. The molecule has 5 heterocycles. The molecular formula is C50H66N10O7S. The van der Waals surface area contributed by atoms with Crippen molar-refractivity contribution >= 4 is 58.3 Å². The van der Waals surface area contributed by atoms with Crippen molar-refractivity contribution in [2.24, 2.45) is 5.41 Å². The average molecular weight is 951 g/mol. The number of rotatable bonds is 21. The van der Waals surface area contributed by atoms with Crippen LogP contribution in [-0.2, 0) is 30.5 Å². The second-order valence-corrected chi connectivity index (χ2v) is 19.8. The number of fused-ring (bicyclic) bond motifs is 1. The number of pyridine rings is 2. The number of unbranched alkanes of at least 4 members (excludes halogenated alkanes) is 7. The van der Waals surface area contributed by atoms with E-state index in [9.17, 15) is 29.1 Å². The van der Waals surface area contributed by atoms with Gasteiger partial charge in [0.2, 0.25) is 29.6 Å². The first-order valence-corrected chi connectivity index (χ1v) is 24.5. The number of aryl methyl sites for hydroxylation is 1. The number of nitrogens with one attached hydrogen (secondary N) is 3. The van der Waals surface area contributed by atoms with Crippen LogP contribution < -0.4 is 20.9 Å². The van der Waals surface area contributed by atoms with E-state index < -0.39 is 29.7 Å². The van der Waals surface area contributed by atoms with Crippen LogP contribution in [-0.4, -0.2) is 102 Å². The normalized spacial score (nSPS) is 15.3. The summed E-state index contributed by atoms with van der Waals surface area (Å²) in [5, 5.41) is 23.7. The topological polar surface area (TPSA) is 213 Å². The highest BCUT2D eigenvalue weighted by molar-refractivity contribution is 7.13. The lowest BCUT2D eigenvalue weighted by Crippen LogP contribution is -2.57. The molecule has 0 spiro atoms. The number of aromatic nitrogens is 5. The molecule has 0 radical (unpaired) electrons. The molecule has 0 bridgehead atoms. The molecule has 1 aliphatic rings. The summed E-state index contributed by atoms with van der Waals surface area (Å²) in [7, 11) is 1.63. The fraction of sp³-hybridized carbons (Fsp3) is 0.500. The minimum atomic E-state index is -0.865. The number of aliphatic hydroxyl groups excluding tert-OH is 1. The monoisotopic (exact) mass is 950 g/mol. The van der Waals surface area contributed by atoms with Crippen molar-refractivity contribution in [2.75, 3.05) is 23.8 Å². The Bertz CT molecular complexity index is 2520. The number of amides is 5. The van der Waals surface area contributed by atoms with Gasteiger partial charge in [-0.25, -0.2) is 14.3 Å². The zero-order valence-electron chi connectivity index (χ0n) is 40.3. The maximum atomic E-state index is 14.0. The molecule has 1 fully saturated rings. The van der Waals surface area contributed by atoms with Gasteiger partial charge in [0.25, 0.3) is 0 Å². The Balaban J connectivity index is 0.854. The van der Waals surface area contributed by atoms with Gasteiger partial charge in [-0.15, -0.1) is 16.4 Å². The van der Waals surface area contributed by atoms with Gasteiger partial charge >= 0.3 is 6.09 Å². The molecular weight excluding hydrogens is 885 g/mol. The zero-order valence-corrected chi connectivity index (χ0v) is 41.1. The van der Waals surface area contributed by atoms with Crippen LogP contribution >= 0.6 is 11.3 Å². The van der Waals surface area contributed by atoms with Gasteiger partial charge in [-0.2, -0.15) is 4.98 Å². The van der Waals surface area contributed by atoms with Crippen LogP contribution in [0.25, 0.3) is 27.2 Å². The number of hydrogen-bond donors (Lipinski definition) is 4. The quantitative estimate of drug-likeness (QED) is 0.0520. The number of β-amino-alcohol motifs (C(OH)–C–C–N with tert-alkyl or cyclic N) is 1. The van der Waals surface area contributed by atoms with Gasteiger partial charge in [-0.1, -0.05) is 83.6 Å². The highest BCUT2D eigenvalue weighted by Crippen LogP contribution is 2.29. The van der Waals surface area contributed by atoms with Crippen LogP contribution in [0.5, 0.6) is 0 Å². The minimum Gasteiger partial charge on any atom is -0.446 e. The smallest absolute Gasteiger partial charge is 0.414 e. The molecule has 6 rings (SSSR count).